The van der Waals surface area contributed by atoms with Gasteiger partial charge in [-0.05, 0) is 49.2 Å². The van der Waals surface area contributed by atoms with E-state index in [9.17, 15) is 24.0 Å². The highest BCUT2D eigenvalue weighted by atomic mass is 16.5. The fraction of sp³-hybridized carbons (Fsp3) is 0.320. The summed E-state index contributed by atoms with van der Waals surface area (Å²) in [6.45, 7) is -0.601. The third-order valence-corrected chi connectivity index (χ3v) is 6.46. The molecule has 2 aromatic rings. The summed E-state index contributed by atoms with van der Waals surface area (Å²) in [7, 11) is 1.27. The van der Waals surface area contributed by atoms with E-state index in [0.717, 1.165) is 12.8 Å². The second kappa shape index (κ2) is 8.53. The number of esters is 2. The van der Waals surface area contributed by atoms with Gasteiger partial charge in [0.15, 0.2) is 6.61 Å². The van der Waals surface area contributed by atoms with E-state index >= 15 is 0 Å². The Balaban J connectivity index is 1.35. The minimum atomic E-state index is -1.61. The van der Waals surface area contributed by atoms with Gasteiger partial charge >= 0.3 is 11.9 Å². The van der Waals surface area contributed by atoms with Gasteiger partial charge in [0.1, 0.15) is 0 Å². The van der Waals surface area contributed by atoms with Gasteiger partial charge in [-0.15, -0.1) is 0 Å². The van der Waals surface area contributed by atoms with Crippen LogP contribution in [0.4, 0.5) is 11.4 Å². The molecule has 2 heterocycles. The summed E-state index contributed by atoms with van der Waals surface area (Å²) >= 11 is 0. The predicted octanol–water partition coefficient (Wildman–Crippen LogP) is 2.10. The monoisotopic (exact) mass is 477 g/mol. The van der Waals surface area contributed by atoms with Gasteiger partial charge in [-0.2, -0.15) is 0 Å². The molecule has 1 saturated heterocycles. The van der Waals surface area contributed by atoms with E-state index in [2.05, 4.69) is 10.1 Å². The molecule has 0 spiro atoms. The number of para-hydroxylation sites is 1. The third-order valence-electron chi connectivity index (χ3n) is 6.46. The zero-order chi connectivity index (χ0) is 24.7. The highest BCUT2D eigenvalue weighted by molar-refractivity contribution is 6.16. The van der Waals surface area contributed by atoms with E-state index in [1.807, 2.05) is 0 Å². The summed E-state index contributed by atoms with van der Waals surface area (Å²) in [5.41, 5.74) is -0.137. The molecule has 2 aromatic carbocycles. The highest BCUT2D eigenvalue weighted by Gasteiger charge is 2.64. The number of rotatable bonds is 6. The Hall–Kier alpha value is -4.21. The maximum atomic E-state index is 13.5. The molecule has 35 heavy (non-hydrogen) atoms. The summed E-state index contributed by atoms with van der Waals surface area (Å²) in [5.74, 6) is -2.51. The third kappa shape index (κ3) is 3.71. The van der Waals surface area contributed by atoms with Crippen molar-refractivity contribution in [1.82, 2.24) is 4.90 Å². The van der Waals surface area contributed by atoms with Crippen LogP contribution in [0, 0.1) is 0 Å². The lowest BCUT2D eigenvalue weighted by Crippen LogP contribution is -2.69. The smallest absolute Gasteiger partial charge is 0.354 e. The van der Waals surface area contributed by atoms with Gasteiger partial charge in [0.2, 0.25) is 11.6 Å². The van der Waals surface area contributed by atoms with Gasteiger partial charge in [-0.3, -0.25) is 19.3 Å². The molecule has 1 atom stereocenters. The Morgan fingerprint density at radius 1 is 1.06 bits per heavy atom. The number of methoxy groups -OCH3 is 1. The average Bonchev–Trinajstić information content (AvgIpc) is 3.64. The van der Waals surface area contributed by atoms with Crippen LogP contribution >= 0.6 is 0 Å². The Kier molecular flexibility index (Phi) is 5.50. The largest absolute Gasteiger partial charge is 0.465 e. The molecule has 180 valence electrons. The Morgan fingerprint density at radius 3 is 2.46 bits per heavy atom. The van der Waals surface area contributed by atoms with Crippen molar-refractivity contribution >= 4 is 41.0 Å². The minimum absolute atomic E-state index is 0.0820. The van der Waals surface area contributed by atoms with Crippen LogP contribution in [0.3, 0.4) is 0 Å². The number of carbonyl (C=O) groups excluding carboxylic acids is 5. The Labute approximate surface area is 200 Å². The van der Waals surface area contributed by atoms with Crippen molar-refractivity contribution in [2.45, 2.75) is 37.4 Å². The molecular weight excluding hydrogens is 454 g/mol. The second-order valence-electron chi connectivity index (χ2n) is 8.66. The van der Waals surface area contributed by atoms with Crippen LogP contribution in [0.5, 0.6) is 0 Å². The number of hydrogen-bond acceptors (Lipinski definition) is 7. The molecule has 0 bridgehead atoms. The Morgan fingerprint density at radius 2 is 1.77 bits per heavy atom. The average molecular weight is 477 g/mol. The fourth-order valence-corrected chi connectivity index (χ4v) is 4.76. The van der Waals surface area contributed by atoms with Crippen LogP contribution in [0.25, 0.3) is 0 Å². The van der Waals surface area contributed by atoms with Crippen LogP contribution in [0.2, 0.25) is 0 Å². The number of anilines is 2. The molecular formula is C25H23N3O7. The normalized spacial score (nSPS) is 20.7. The van der Waals surface area contributed by atoms with Crippen LogP contribution < -0.4 is 10.2 Å². The second-order valence-corrected chi connectivity index (χ2v) is 8.66. The number of benzene rings is 2. The number of hydrogen-bond donors (Lipinski definition) is 1. The number of amides is 3. The lowest BCUT2D eigenvalue weighted by molar-refractivity contribution is -0.159. The van der Waals surface area contributed by atoms with Crippen LogP contribution in [0.1, 0.15) is 46.4 Å². The summed E-state index contributed by atoms with van der Waals surface area (Å²) in [6.07, 6.45) is 1.64. The topological polar surface area (TPSA) is 122 Å². The zero-order valence-corrected chi connectivity index (χ0v) is 19.0. The quantitative estimate of drug-likeness (QED) is 0.632. The van der Waals surface area contributed by atoms with Crippen LogP contribution in [-0.4, -0.2) is 60.0 Å². The summed E-state index contributed by atoms with van der Waals surface area (Å²) in [6, 6.07) is 12.6. The number of carbonyl (C=O) groups is 5. The molecule has 0 radical (unpaired) electrons. The molecule has 1 unspecified atom stereocenters. The number of ether oxygens (including phenoxy) is 2. The lowest BCUT2D eigenvalue weighted by Gasteiger charge is -2.48. The van der Waals surface area contributed by atoms with E-state index in [0.29, 0.717) is 22.5 Å². The summed E-state index contributed by atoms with van der Waals surface area (Å²) < 4.78 is 10.0. The van der Waals surface area contributed by atoms with Crippen molar-refractivity contribution in [1.29, 1.82) is 0 Å². The molecule has 5 rings (SSSR count). The maximum absolute atomic E-state index is 13.5. The first-order valence-corrected chi connectivity index (χ1v) is 11.3. The molecule has 10 heteroatoms. The van der Waals surface area contributed by atoms with Gasteiger partial charge in [-0.1, -0.05) is 12.1 Å². The van der Waals surface area contributed by atoms with Gasteiger partial charge in [0, 0.05) is 24.6 Å². The van der Waals surface area contributed by atoms with Crippen molar-refractivity contribution in [3.63, 3.8) is 0 Å². The highest BCUT2D eigenvalue weighted by Crippen LogP contribution is 2.49. The summed E-state index contributed by atoms with van der Waals surface area (Å²) in [4.78, 5) is 66.7. The van der Waals surface area contributed by atoms with E-state index in [-0.39, 0.29) is 30.7 Å². The maximum Gasteiger partial charge on any atom is 0.354 e. The number of nitrogens with one attached hydrogen (secondary N) is 1. The first-order valence-electron chi connectivity index (χ1n) is 11.3. The molecule has 2 fully saturated rings. The molecule has 0 aromatic heterocycles. The molecule has 10 nitrogen and oxygen atoms in total. The molecule has 1 N–H and O–H groups in total. The molecule has 3 aliphatic rings. The van der Waals surface area contributed by atoms with Crippen LogP contribution in [0.15, 0.2) is 48.5 Å². The standard InChI is InChI=1S/C25H23N3O7/c1-34-23(32)15-6-8-16(9-7-15)26-20(29)14-35-24(33)25-13-12-21(30)28(25)19-5-3-2-4-18(19)22(31)27(25)17-10-11-17/h2-9,17H,10-14H2,1H3,(H,26,29). The van der Waals surface area contributed by atoms with Gasteiger partial charge in [-0.25, -0.2) is 9.59 Å². The van der Waals surface area contributed by atoms with Crippen molar-refractivity contribution in [3.8, 4) is 0 Å². The van der Waals surface area contributed by atoms with Crippen LogP contribution in [-0.2, 0) is 23.9 Å². The molecule has 1 saturated carbocycles. The van der Waals surface area contributed by atoms with E-state index in [1.54, 1.807) is 24.3 Å². The van der Waals surface area contributed by atoms with Crippen molar-refractivity contribution in [2.24, 2.45) is 0 Å². The summed E-state index contributed by atoms with van der Waals surface area (Å²) in [5, 5.41) is 2.59. The SMILES string of the molecule is COC(=O)c1ccc(NC(=O)COC(=O)C23CCC(=O)N2c2ccccc2C(=O)N3C2CC2)cc1. The van der Waals surface area contributed by atoms with Gasteiger partial charge in [0.25, 0.3) is 11.8 Å². The molecule has 3 amide bonds. The Bertz CT molecular complexity index is 1240. The number of fused-ring (bicyclic) bond motifs is 3. The number of nitrogens with zero attached hydrogens (tertiary/aromatic N) is 2. The first kappa shape index (κ1) is 22.6. The van der Waals surface area contributed by atoms with Crippen molar-refractivity contribution in [2.75, 3.05) is 23.9 Å². The first-order chi connectivity index (χ1) is 16.9. The van der Waals surface area contributed by atoms with Gasteiger partial charge in [0.05, 0.1) is 23.9 Å². The molecule has 1 aliphatic carbocycles. The van der Waals surface area contributed by atoms with Crippen molar-refractivity contribution in [3.05, 3.63) is 59.7 Å². The predicted molar refractivity (Wildman–Crippen MR) is 122 cm³/mol. The van der Waals surface area contributed by atoms with E-state index in [4.69, 9.17) is 4.74 Å². The molecule has 2 aliphatic heterocycles. The fourth-order valence-electron chi connectivity index (χ4n) is 4.76. The zero-order valence-electron chi connectivity index (χ0n) is 19.0. The van der Waals surface area contributed by atoms with E-state index in [1.165, 1.54) is 41.2 Å². The lowest BCUT2D eigenvalue weighted by atomic mass is 9.96. The van der Waals surface area contributed by atoms with E-state index < -0.39 is 30.1 Å². The van der Waals surface area contributed by atoms with Gasteiger partial charge < -0.3 is 19.7 Å². The minimum Gasteiger partial charge on any atom is -0.465 e. The van der Waals surface area contributed by atoms with Crippen molar-refractivity contribution < 1.29 is 33.4 Å².